The second-order valence-corrected chi connectivity index (χ2v) is 14.1. The number of Topliss-reactive ketones (excluding diaryl/α,β-unsaturated/α-hetero) is 1. The summed E-state index contributed by atoms with van der Waals surface area (Å²) in [5.41, 5.74) is -6.85. The number of aromatic nitrogens is 2. The Morgan fingerprint density at radius 2 is 1.71 bits per heavy atom. The number of carbonyl (C=O) groups is 5. The lowest BCUT2D eigenvalue weighted by molar-refractivity contribution is -0.345. The van der Waals surface area contributed by atoms with Crippen LogP contribution in [-0.4, -0.2) is 97.9 Å². The van der Waals surface area contributed by atoms with Gasteiger partial charge in [-0.2, -0.15) is 0 Å². The summed E-state index contributed by atoms with van der Waals surface area (Å²) >= 11 is 0. The molecule has 262 valence electrons. The van der Waals surface area contributed by atoms with Crippen molar-refractivity contribution in [3.8, 4) is 0 Å². The van der Waals surface area contributed by atoms with Crippen molar-refractivity contribution in [2.45, 2.75) is 96.1 Å². The van der Waals surface area contributed by atoms with Crippen molar-refractivity contribution in [3.63, 3.8) is 0 Å². The van der Waals surface area contributed by atoms with E-state index in [1.807, 2.05) is 0 Å². The van der Waals surface area contributed by atoms with Crippen LogP contribution in [0.15, 0.2) is 60.2 Å². The second-order valence-electron chi connectivity index (χ2n) is 14.1. The van der Waals surface area contributed by atoms with Gasteiger partial charge in [-0.1, -0.05) is 32.0 Å². The molecule has 49 heavy (non-hydrogen) atoms. The molecule has 1 unspecified atom stereocenters. The second kappa shape index (κ2) is 11.9. The minimum absolute atomic E-state index is 0.114. The number of carbonyl (C=O) groups excluding carboxylic acids is 5. The number of imidazole rings is 1. The van der Waals surface area contributed by atoms with Gasteiger partial charge >= 0.3 is 24.0 Å². The Labute approximate surface area is 282 Å². The number of ketones is 1. The van der Waals surface area contributed by atoms with Gasteiger partial charge < -0.3 is 33.9 Å². The number of aliphatic hydroxyl groups excluding tert-OH is 1. The monoisotopic (exact) mass is 680 g/mol. The fourth-order valence-electron chi connectivity index (χ4n) is 8.60. The average molecular weight is 681 g/mol. The Morgan fingerprint density at radius 3 is 2.29 bits per heavy atom. The van der Waals surface area contributed by atoms with Crippen molar-refractivity contribution >= 4 is 29.8 Å². The van der Waals surface area contributed by atoms with E-state index in [1.165, 1.54) is 44.7 Å². The topological polar surface area (TPSA) is 190 Å². The lowest BCUT2D eigenvalue weighted by Gasteiger charge is -2.67. The first-order valence-corrected chi connectivity index (χ1v) is 16.1. The SMILES string of the molecule is CC(=O)OC1C(=O)[C@]2(C)[C@@H](OC(=O)n3ccnc3)C[C@H]3OC[C@@]3(OC(C)=O)[C@H]2[C@H](OC(=O)c2ccccc2)[C@]2(O)C[C@H](O)C(C)=C1C2(C)C. The lowest BCUT2D eigenvalue weighted by atomic mass is 9.44. The maximum atomic E-state index is 15.4. The van der Waals surface area contributed by atoms with Crippen molar-refractivity contribution in [1.82, 2.24) is 9.55 Å². The number of fused-ring (bicyclic) bond motifs is 5. The number of aliphatic hydroxyl groups is 2. The molecule has 1 saturated heterocycles. The summed E-state index contributed by atoms with van der Waals surface area (Å²) in [5.74, 6) is -4.67. The number of esters is 3. The average Bonchev–Trinajstić information content (AvgIpc) is 3.58. The van der Waals surface area contributed by atoms with Crippen molar-refractivity contribution in [1.29, 1.82) is 0 Å². The van der Waals surface area contributed by atoms with Crippen molar-refractivity contribution in [2.75, 3.05) is 6.61 Å². The number of rotatable bonds is 5. The molecule has 1 aliphatic heterocycles. The van der Waals surface area contributed by atoms with Crippen LogP contribution < -0.4 is 0 Å². The van der Waals surface area contributed by atoms with E-state index in [2.05, 4.69) is 4.98 Å². The van der Waals surface area contributed by atoms with Crippen molar-refractivity contribution < 1.29 is 57.9 Å². The Balaban J connectivity index is 1.66. The molecule has 0 spiro atoms. The number of hydrogen-bond acceptors (Lipinski definition) is 13. The predicted octanol–water partition coefficient (Wildman–Crippen LogP) is 2.54. The minimum atomic E-state index is -2.19. The molecule has 2 saturated carbocycles. The smallest absolute Gasteiger partial charge is 0.419 e. The normalized spacial score (nSPS) is 36.1. The molecule has 2 heterocycles. The molecule has 14 nitrogen and oxygen atoms in total. The Morgan fingerprint density at radius 1 is 1.02 bits per heavy atom. The summed E-state index contributed by atoms with van der Waals surface area (Å²) in [6, 6.07) is 7.99. The zero-order valence-electron chi connectivity index (χ0n) is 28.1. The van der Waals surface area contributed by atoms with E-state index in [0.29, 0.717) is 0 Å². The molecule has 2 N–H and O–H groups in total. The van der Waals surface area contributed by atoms with Crippen LogP contribution in [0.1, 0.15) is 64.7 Å². The van der Waals surface area contributed by atoms with Gasteiger partial charge in [-0.3, -0.25) is 14.4 Å². The van der Waals surface area contributed by atoms with E-state index >= 15 is 4.79 Å². The molecule has 9 atom stereocenters. The highest BCUT2D eigenvalue weighted by molar-refractivity contribution is 5.96. The van der Waals surface area contributed by atoms with Gasteiger partial charge in [-0.15, -0.1) is 0 Å². The van der Waals surface area contributed by atoms with Crippen LogP contribution in [-0.2, 0) is 38.1 Å². The van der Waals surface area contributed by atoms with Gasteiger partial charge in [0.05, 0.1) is 29.6 Å². The van der Waals surface area contributed by atoms with E-state index in [-0.39, 0.29) is 36.2 Å². The Bertz CT molecular complexity index is 1720. The highest BCUT2D eigenvalue weighted by atomic mass is 16.6. The minimum Gasteiger partial charge on any atom is -0.455 e. The molecule has 1 aromatic heterocycles. The summed E-state index contributed by atoms with van der Waals surface area (Å²) in [5, 5.41) is 24.6. The number of nitrogens with zero attached hydrogens (tertiary/aromatic N) is 2. The van der Waals surface area contributed by atoms with Gasteiger partial charge in [0.2, 0.25) is 0 Å². The molecule has 3 aliphatic carbocycles. The molecular weight excluding hydrogens is 640 g/mol. The molecule has 0 radical (unpaired) electrons. The molecule has 0 amide bonds. The van der Waals surface area contributed by atoms with Gasteiger partial charge in [0.15, 0.2) is 17.5 Å². The molecule has 14 heteroatoms. The van der Waals surface area contributed by atoms with Gasteiger partial charge in [0.1, 0.15) is 30.2 Å². The molecule has 2 bridgehead atoms. The highest BCUT2D eigenvalue weighted by Crippen LogP contribution is 2.64. The van der Waals surface area contributed by atoms with Crippen LogP contribution in [0.4, 0.5) is 4.79 Å². The molecule has 4 aliphatic rings. The highest BCUT2D eigenvalue weighted by Gasteiger charge is 2.79. The Kier molecular flexibility index (Phi) is 8.36. The number of ether oxygens (including phenoxy) is 5. The van der Waals surface area contributed by atoms with Crippen LogP contribution in [0.5, 0.6) is 0 Å². The molecular formula is C35H40N2O12. The van der Waals surface area contributed by atoms with Crippen LogP contribution in [0.3, 0.4) is 0 Å². The first-order valence-electron chi connectivity index (χ1n) is 16.1. The summed E-state index contributed by atoms with van der Waals surface area (Å²) in [7, 11) is 0. The quantitative estimate of drug-likeness (QED) is 0.267. The van der Waals surface area contributed by atoms with Crippen LogP contribution in [0.2, 0.25) is 0 Å². The maximum Gasteiger partial charge on any atom is 0.419 e. The van der Waals surface area contributed by atoms with Gasteiger partial charge in [-0.25, -0.2) is 19.1 Å². The number of benzene rings is 1. The summed E-state index contributed by atoms with van der Waals surface area (Å²) in [4.78, 5) is 72.3. The summed E-state index contributed by atoms with van der Waals surface area (Å²) in [6.45, 7) is 8.31. The maximum absolute atomic E-state index is 15.4. The fourth-order valence-corrected chi connectivity index (χ4v) is 8.60. The van der Waals surface area contributed by atoms with E-state index in [0.717, 1.165) is 11.5 Å². The first kappa shape index (κ1) is 34.5. The van der Waals surface area contributed by atoms with Crippen molar-refractivity contribution in [2.24, 2.45) is 16.7 Å². The van der Waals surface area contributed by atoms with Crippen LogP contribution >= 0.6 is 0 Å². The van der Waals surface area contributed by atoms with Gasteiger partial charge in [0, 0.05) is 44.5 Å². The van der Waals surface area contributed by atoms with E-state index in [1.54, 1.807) is 39.0 Å². The molecule has 6 rings (SSSR count). The zero-order valence-corrected chi connectivity index (χ0v) is 28.1. The standard InChI is InChI=1S/C35H40N2O12/c1-18-22(40)15-35(44)29(48-30(42)21-10-8-7-9-11-21)27-33(6,28(41)26(46-19(2)38)25(18)32(35,4)5)23(47-31(43)37-13-12-36-17-37)14-24-34(27,16-45-24)49-20(3)39/h7-13,17,22-24,26-27,29,40,44H,14-16H2,1-6H3/t22-,23-,24+,26?,27-,29-,33+,34-,35+/m0/s1. The van der Waals surface area contributed by atoms with Crippen LogP contribution in [0, 0.1) is 16.7 Å². The van der Waals surface area contributed by atoms with E-state index in [4.69, 9.17) is 23.7 Å². The largest absolute Gasteiger partial charge is 0.455 e. The van der Waals surface area contributed by atoms with Gasteiger partial charge in [-0.05, 0) is 37.1 Å². The lowest BCUT2D eigenvalue weighted by Crippen LogP contribution is -2.82. The molecule has 1 aromatic carbocycles. The zero-order chi connectivity index (χ0) is 35.7. The third kappa shape index (κ3) is 5.10. The number of hydrogen-bond donors (Lipinski definition) is 2. The third-order valence-electron chi connectivity index (χ3n) is 11.1. The third-order valence-corrected chi connectivity index (χ3v) is 11.1. The Hall–Kier alpha value is -4.40. The van der Waals surface area contributed by atoms with E-state index in [9.17, 15) is 29.4 Å². The first-order chi connectivity index (χ1) is 23.0. The van der Waals surface area contributed by atoms with E-state index < -0.39 is 88.3 Å². The fraction of sp³-hybridized carbons (Fsp3) is 0.543. The molecule has 3 fully saturated rings. The van der Waals surface area contributed by atoms with Crippen LogP contribution in [0.25, 0.3) is 0 Å². The molecule has 2 aromatic rings. The predicted molar refractivity (Wildman–Crippen MR) is 167 cm³/mol. The van der Waals surface area contributed by atoms with Crippen molar-refractivity contribution in [3.05, 3.63) is 65.8 Å². The summed E-state index contributed by atoms with van der Waals surface area (Å²) in [6.07, 6.45) is -4.58. The summed E-state index contributed by atoms with van der Waals surface area (Å²) < 4.78 is 31.2. The van der Waals surface area contributed by atoms with Gasteiger partial charge in [0.25, 0.3) is 0 Å².